The molecule has 0 bridgehead atoms. The molecule has 0 aromatic rings. The van der Waals surface area contributed by atoms with Crippen molar-refractivity contribution in [2.45, 2.75) is 104 Å². The van der Waals surface area contributed by atoms with E-state index in [1.807, 2.05) is 0 Å². The van der Waals surface area contributed by atoms with Crippen molar-refractivity contribution in [2.75, 3.05) is 6.61 Å². The third-order valence-corrected chi connectivity index (χ3v) is 10.5. The lowest BCUT2D eigenvalue weighted by Crippen LogP contribution is -2.50. The van der Waals surface area contributed by atoms with E-state index in [0.29, 0.717) is 23.4 Å². The number of hydrogen-bond acceptors (Lipinski definition) is 2. The van der Waals surface area contributed by atoms with E-state index in [4.69, 9.17) is 0 Å². The van der Waals surface area contributed by atoms with Crippen LogP contribution in [-0.4, -0.2) is 22.9 Å². The monoisotopic (exact) mass is 402 g/mol. The molecule has 4 aliphatic rings. The molecule has 0 aliphatic heterocycles. The van der Waals surface area contributed by atoms with Crippen molar-refractivity contribution in [2.24, 2.45) is 46.3 Å². The molecule has 0 radical (unpaired) electrons. The molecule has 0 spiro atoms. The molecule has 4 aliphatic carbocycles. The minimum Gasteiger partial charge on any atom is -0.396 e. The lowest BCUT2D eigenvalue weighted by atomic mass is 9.47. The average Bonchev–Trinajstić information content (AvgIpc) is 3.05. The lowest BCUT2D eigenvalue weighted by molar-refractivity contribution is -0.0573. The Morgan fingerprint density at radius 2 is 1.83 bits per heavy atom. The number of rotatable bonds is 6. The van der Waals surface area contributed by atoms with E-state index < -0.39 is 0 Å². The van der Waals surface area contributed by atoms with Gasteiger partial charge in [0.1, 0.15) is 0 Å². The standard InChI is InChI=1S/C27H46O2/c1-18(17-28)6-5-7-19(2)23-10-11-24-22-9-8-20-16-21(29)12-14-26(20,3)25(22)13-15-27(23,24)4/h8,18-19,21-25,28-29H,5-7,9-17H2,1-4H3/t18?,19-,21?,22-,23-,24?,25-,26+,27-/m1/s1. The Kier molecular flexibility index (Phi) is 6.26. The molecule has 0 aromatic heterocycles. The van der Waals surface area contributed by atoms with Crippen molar-refractivity contribution in [3.8, 4) is 0 Å². The Labute approximate surface area is 179 Å². The highest BCUT2D eigenvalue weighted by atomic mass is 16.3. The van der Waals surface area contributed by atoms with Gasteiger partial charge in [0.25, 0.3) is 0 Å². The number of hydrogen-bond donors (Lipinski definition) is 2. The Hall–Kier alpha value is -0.340. The van der Waals surface area contributed by atoms with Crippen molar-refractivity contribution >= 4 is 0 Å². The van der Waals surface area contributed by atoms with Crippen molar-refractivity contribution in [3.63, 3.8) is 0 Å². The van der Waals surface area contributed by atoms with Crippen LogP contribution in [-0.2, 0) is 0 Å². The molecule has 4 rings (SSSR count). The van der Waals surface area contributed by atoms with E-state index in [9.17, 15) is 10.2 Å². The highest BCUT2D eigenvalue weighted by Gasteiger charge is 2.59. The second-order valence-electron chi connectivity index (χ2n) is 12.1. The first kappa shape index (κ1) is 21.9. The smallest absolute Gasteiger partial charge is 0.0577 e. The second-order valence-corrected chi connectivity index (χ2v) is 12.1. The number of fused-ring (bicyclic) bond motifs is 5. The van der Waals surface area contributed by atoms with Gasteiger partial charge >= 0.3 is 0 Å². The second kappa shape index (κ2) is 8.30. The Balaban J connectivity index is 1.46. The summed E-state index contributed by atoms with van der Waals surface area (Å²) in [5.74, 6) is 4.82. The normalized spacial score (nSPS) is 46.3. The lowest BCUT2D eigenvalue weighted by Gasteiger charge is -2.58. The zero-order chi connectivity index (χ0) is 20.8. The van der Waals surface area contributed by atoms with Gasteiger partial charge in [0.15, 0.2) is 0 Å². The zero-order valence-electron chi connectivity index (χ0n) is 19.5. The summed E-state index contributed by atoms with van der Waals surface area (Å²) in [6, 6.07) is 0. The predicted octanol–water partition coefficient (Wildman–Crippen LogP) is 6.36. The van der Waals surface area contributed by atoms with Gasteiger partial charge in [0, 0.05) is 6.61 Å². The fraction of sp³-hybridized carbons (Fsp3) is 0.926. The van der Waals surface area contributed by atoms with Crippen molar-refractivity contribution < 1.29 is 10.2 Å². The van der Waals surface area contributed by atoms with Gasteiger partial charge in [-0.1, -0.05) is 52.2 Å². The van der Waals surface area contributed by atoms with Crippen molar-refractivity contribution in [1.82, 2.24) is 0 Å². The highest BCUT2D eigenvalue weighted by molar-refractivity contribution is 5.25. The van der Waals surface area contributed by atoms with E-state index in [1.54, 1.807) is 5.57 Å². The van der Waals surface area contributed by atoms with Gasteiger partial charge in [0.05, 0.1) is 6.10 Å². The van der Waals surface area contributed by atoms with Gasteiger partial charge in [-0.25, -0.2) is 0 Å². The summed E-state index contributed by atoms with van der Waals surface area (Å²) in [5.41, 5.74) is 2.51. The topological polar surface area (TPSA) is 40.5 Å². The molecule has 3 saturated carbocycles. The maximum atomic E-state index is 10.2. The van der Waals surface area contributed by atoms with Crippen LogP contribution in [0.2, 0.25) is 0 Å². The molecule has 0 amide bonds. The molecule has 29 heavy (non-hydrogen) atoms. The van der Waals surface area contributed by atoms with Crippen LogP contribution in [0.5, 0.6) is 0 Å². The molecule has 166 valence electrons. The van der Waals surface area contributed by atoms with Gasteiger partial charge in [-0.05, 0) is 104 Å². The minimum absolute atomic E-state index is 0.0926. The van der Waals surface area contributed by atoms with Gasteiger partial charge in [-0.15, -0.1) is 0 Å². The van der Waals surface area contributed by atoms with Crippen LogP contribution >= 0.6 is 0 Å². The molecule has 2 heteroatoms. The van der Waals surface area contributed by atoms with E-state index in [1.165, 1.54) is 57.8 Å². The van der Waals surface area contributed by atoms with E-state index >= 15 is 0 Å². The minimum atomic E-state index is -0.0926. The van der Waals surface area contributed by atoms with Crippen LogP contribution in [0.3, 0.4) is 0 Å². The summed E-state index contributed by atoms with van der Waals surface area (Å²) in [5, 5.41) is 19.5. The molecule has 0 heterocycles. The first-order valence-electron chi connectivity index (χ1n) is 12.8. The summed E-state index contributed by atoms with van der Waals surface area (Å²) < 4.78 is 0. The molecule has 0 aromatic carbocycles. The molecule has 2 nitrogen and oxygen atoms in total. The van der Waals surface area contributed by atoms with Crippen LogP contribution < -0.4 is 0 Å². The average molecular weight is 403 g/mol. The van der Waals surface area contributed by atoms with Crippen LogP contribution in [0.25, 0.3) is 0 Å². The molecular weight excluding hydrogens is 356 g/mol. The quantitative estimate of drug-likeness (QED) is 0.507. The fourth-order valence-corrected chi connectivity index (χ4v) is 8.70. The molecule has 9 atom stereocenters. The Bertz CT molecular complexity index is 612. The van der Waals surface area contributed by atoms with Crippen LogP contribution in [0, 0.1) is 46.3 Å². The molecule has 2 N–H and O–H groups in total. The van der Waals surface area contributed by atoms with Crippen LogP contribution in [0.15, 0.2) is 11.6 Å². The zero-order valence-corrected chi connectivity index (χ0v) is 19.5. The van der Waals surface area contributed by atoms with E-state index in [2.05, 4.69) is 33.8 Å². The summed E-state index contributed by atoms with van der Waals surface area (Å²) in [6.07, 6.45) is 16.4. The van der Waals surface area contributed by atoms with Gasteiger partial charge in [-0.3, -0.25) is 0 Å². The molecule has 3 unspecified atom stereocenters. The van der Waals surface area contributed by atoms with Crippen molar-refractivity contribution in [1.29, 1.82) is 0 Å². The number of allylic oxidation sites excluding steroid dienone is 1. The maximum absolute atomic E-state index is 10.2. The highest BCUT2D eigenvalue weighted by Crippen LogP contribution is 2.67. The Morgan fingerprint density at radius 3 is 2.59 bits per heavy atom. The third kappa shape index (κ3) is 3.75. The first-order valence-corrected chi connectivity index (χ1v) is 12.8. The molecular formula is C27H46O2. The van der Waals surface area contributed by atoms with E-state index in [-0.39, 0.29) is 6.10 Å². The van der Waals surface area contributed by atoms with Gasteiger partial charge in [-0.2, -0.15) is 0 Å². The summed E-state index contributed by atoms with van der Waals surface area (Å²) in [6.45, 7) is 10.2. The molecule has 3 fully saturated rings. The van der Waals surface area contributed by atoms with Gasteiger partial charge in [0.2, 0.25) is 0 Å². The Morgan fingerprint density at radius 1 is 1.03 bits per heavy atom. The fourth-order valence-electron chi connectivity index (χ4n) is 8.70. The number of aliphatic hydroxyl groups excluding tert-OH is 2. The summed E-state index contributed by atoms with van der Waals surface area (Å²) in [7, 11) is 0. The largest absolute Gasteiger partial charge is 0.396 e. The SMILES string of the molecule is CC(CO)CCC[C@@H](C)[C@H]1CCC2[C@H]3CC=C4CC(O)CC[C@]4(C)[C@@H]3CC[C@@]21C. The third-order valence-electron chi connectivity index (χ3n) is 10.5. The predicted molar refractivity (Wildman–Crippen MR) is 120 cm³/mol. The van der Waals surface area contributed by atoms with Gasteiger partial charge < -0.3 is 10.2 Å². The van der Waals surface area contributed by atoms with Crippen LogP contribution in [0.4, 0.5) is 0 Å². The van der Waals surface area contributed by atoms with Crippen LogP contribution in [0.1, 0.15) is 98.3 Å². The maximum Gasteiger partial charge on any atom is 0.0577 e. The molecule has 0 saturated heterocycles. The first-order chi connectivity index (χ1) is 13.8. The van der Waals surface area contributed by atoms with Crippen molar-refractivity contribution in [3.05, 3.63) is 11.6 Å². The number of aliphatic hydroxyl groups is 2. The summed E-state index contributed by atoms with van der Waals surface area (Å²) in [4.78, 5) is 0. The summed E-state index contributed by atoms with van der Waals surface area (Å²) >= 11 is 0. The van der Waals surface area contributed by atoms with E-state index in [0.717, 1.165) is 42.4 Å².